The summed E-state index contributed by atoms with van der Waals surface area (Å²) in [6.45, 7) is 0. The molecule has 9 rings (SSSR count). The first-order valence-corrected chi connectivity index (χ1v) is 15.2. The van der Waals surface area contributed by atoms with Gasteiger partial charge in [0.25, 0.3) is 0 Å². The van der Waals surface area contributed by atoms with Gasteiger partial charge in [-0.3, -0.25) is 0 Å². The Bertz CT molecular complexity index is 2470. The molecule has 1 N–H and O–H groups in total. The van der Waals surface area contributed by atoms with Crippen LogP contribution in [0.5, 0.6) is 0 Å². The zero-order chi connectivity index (χ0) is 29.7. The summed E-state index contributed by atoms with van der Waals surface area (Å²) in [5, 5.41) is 10.4. The summed E-state index contributed by atoms with van der Waals surface area (Å²) in [6.07, 6.45) is -0.413. The average Bonchev–Trinajstić information content (AvgIpc) is 3.51. The van der Waals surface area contributed by atoms with Crippen LogP contribution >= 0.6 is 0 Å². The third kappa shape index (κ3) is 4.30. The largest absolute Gasteiger partial charge is 0.455 e. The number of furan rings is 1. The fraction of sp³-hybridized carbons (Fsp3) is 0.0244. The molecule has 1 atom stereocenters. The van der Waals surface area contributed by atoms with Gasteiger partial charge >= 0.3 is 0 Å². The van der Waals surface area contributed by atoms with Crippen LogP contribution in [0, 0.1) is 0 Å². The van der Waals surface area contributed by atoms with E-state index in [0.29, 0.717) is 0 Å². The molecule has 45 heavy (non-hydrogen) atoms. The number of rotatable bonds is 4. The predicted molar refractivity (Wildman–Crippen MR) is 186 cm³/mol. The Hall–Kier alpha value is -6.00. The van der Waals surface area contributed by atoms with E-state index in [1.54, 1.807) is 0 Å². The number of nitrogens with one attached hydrogen (secondary N) is 1. The molecule has 0 fully saturated rings. The Labute approximate surface area is 260 Å². The quantitative estimate of drug-likeness (QED) is 0.226. The minimum atomic E-state index is -0.413. The minimum absolute atomic E-state index is 0.413. The Morgan fingerprint density at radius 1 is 0.489 bits per heavy atom. The number of hydrogen-bond acceptors (Lipinski definition) is 4. The molecule has 4 nitrogen and oxygen atoms in total. The Balaban J connectivity index is 1.24. The molecule has 7 aromatic carbocycles. The van der Waals surface area contributed by atoms with Gasteiger partial charge in [0.05, 0.1) is 0 Å². The zero-order valence-corrected chi connectivity index (χ0v) is 24.3. The summed E-state index contributed by atoms with van der Waals surface area (Å²) in [4.78, 5) is 10.4. The van der Waals surface area contributed by atoms with Crippen molar-refractivity contribution in [2.24, 2.45) is 9.98 Å². The molecule has 2 heterocycles. The molecule has 0 saturated carbocycles. The monoisotopic (exact) mass is 577 g/mol. The van der Waals surface area contributed by atoms with Gasteiger partial charge < -0.3 is 9.73 Å². The SMILES string of the molecule is c1ccc(C2=NC(c3cccc4ccccc34)N=C(c3cccc4oc5c(-c6ccc7ccccc7c6)cccc5c34)N2)cc1. The number of fused-ring (bicyclic) bond motifs is 5. The van der Waals surface area contributed by atoms with E-state index < -0.39 is 6.17 Å². The lowest BCUT2D eigenvalue weighted by molar-refractivity contribution is 0.670. The van der Waals surface area contributed by atoms with Crippen LogP contribution in [0.3, 0.4) is 0 Å². The molecule has 1 aliphatic heterocycles. The van der Waals surface area contributed by atoms with Crippen LogP contribution in [0.1, 0.15) is 22.9 Å². The van der Waals surface area contributed by atoms with E-state index in [4.69, 9.17) is 14.4 Å². The Kier molecular flexibility index (Phi) is 5.85. The molecule has 0 saturated heterocycles. The average molecular weight is 578 g/mol. The lowest BCUT2D eigenvalue weighted by atomic mass is 9.98. The van der Waals surface area contributed by atoms with Crippen LogP contribution in [-0.2, 0) is 0 Å². The molecule has 4 heteroatoms. The molecule has 212 valence electrons. The lowest BCUT2D eigenvalue weighted by Gasteiger charge is -2.23. The van der Waals surface area contributed by atoms with Gasteiger partial charge in [-0.2, -0.15) is 0 Å². The van der Waals surface area contributed by atoms with Gasteiger partial charge in [-0.25, -0.2) is 9.98 Å². The molecule has 0 radical (unpaired) electrons. The second-order valence-corrected chi connectivity index (χ2v) is 11.4. The third-order valence-electron chi connectivity index (χ3n) is 8.73. The van der Waals surface area contributed by atoms with E-state index in [2.05, 4.69) is 127 Å². The smallest absolute Gasteiger partial charge is 0.170 e. The van der Waals surface area contributed by atoms with Gasteiger partial charge in [-0.1, -0.05) is 140 Å². The first kappa shape index (κ1) is 25.5. The van der Waals surface area contributed by atoms with Crippen molar-refractivity contribution in [2.45, 2.75) is 6.17 Å². The van der Waals surface area contributed by atoms with E-state index >= 15 is 0 Å². The molecule has 8 aromatic rings. The highest BCUT2D eigenvalue weighted by molar-refractivity contribution is 6.24. The molecule has 1 unspecified atom stereocenters. The minimum Gasteiger partial charge on any atom is -0.455 e. The van der Waals surface area contributed by atoms with Gasteiger partial charge in [0.15, 0.2) is 6.17 Å². The molecule has 0 spiro atoms. The van der Waals surface area contributed by atoms with Crippen molar-refractivity contribution in [3.63, 3.8) is 0 Å². The van der Waals surface area contributed by atoms with Crippen LogP contribution in [0.25, 0.3) is 54.6 Å². The van der Waals surface area contributed by atoms with Crippen LogP contribution in [-0.4, -0.2) is 11.7 Å². The van der Waals surface area contributed by atoms with Crippen LogP contribution < -0.4 is 5.32 Å². The number of hydrogen-bond donors (Lipinski definition) is 1. The fourth-order valence-electron chi connectivity index (χ4n) is 6.57. The van der Waals surface area contributed by atoms with Crippen molar-refractivity contribution in [2.75, 3.05) is 0 Å². The van der Waals surface area contributed by atoms with Crippen molar-refractivity contribution in [3.05, 3.63) is 168 Å². The Morgan fingerprint density at radius 2 is 1.18 bits per heavy atom. The highest BCUT2D eigenvalue weighted by Gasteiger charge is 2.25. The van der Waals surface area contributed by atoms with E-state index in [-0.39, 0.29) is 0 Å². The molecule has 0 aliphatic carbocycles. The maximum absolute atomic E-state index is 6.65. The topological polar surface area (TPSA) is 49.9 Å². The summed E-state index contributed by atoms with van der Waals surface area (Å²) < 4.78 is 6.65. The third-order valence-corrected chi connectivity index (χ3v) is 8.73. The summed E-state index contributed by atoms with van der Waals surface area (Å²) in [7, 11) is 0. The number of para-hydroxylation sites is 1. The maximum Gasteiger partial charge on any atom is 0.170 e. The standard InChI is InChI=1S/C41H27N3O/c1-2-13-28(14-3-1)39-42-40(33-19-8-16-27-12-6-7-17-31(27)33)44-41(43-39)35-21-10-22-36-37(35)34-20-9-18-32(38(34)45-36)30-24-23-26-11-4-5-15-29(26)25-30/h1-25,40H,(H,42,43,44). The van der Waals surface area contributed by atoms with Gasteiger partial charge in [-0.15, -0.1) is 0 Å². The van der Waals surface area contributed by atoms with E-state index in [1.807, 2.05) is 30.3 Å². The summed E-state index contributed by atoms with van der Waals surface area (Å²) >= 11 is 0. The van der Waals surface area contributed by atoms with Crippen molar-refractivity contribution < 1.29 is 4.42 Å². The number of amidine groups is 2. The second kappa shape index (κ2) is 10.3. The lowest BCUT2D eigenvalue weighted by Crippen LogP contribution is -2.36. The van der Waals surface area contributed by atoms with E-state index in [1.165, 1.54) is 16.2 Å². The predicted octanol–water partition coefficient (Wildman–Crippen LogP) is 10.1. The zero-order valence-electron chi connectivity index (χ0n) is 24.3. The van der Waals surface area contributed by atoms with Gasteiger partial charge in [-0.05, 0) is 39.2 Å². The van der Waals surface area contributed by atoms with Crippen LogP contribution in [0.15, 0.2) is 166 Å². The van der Waals surface area contributed by atoms with Crippen LogP contribution in [0.2, 0.25) is 0 Å². The van der Waals surface area contributed by atoms with E-state index in [9.17, 15) is 0 Å². The number of benzene rings is 7. The van der Waals surface area contributed by atoms with Crippen molar-refractivity contribution >= 4 is 55.2 Å². The molecule has 1 aromatic heterocycles. The first-order valence-electron chi connectivity index (χ1n) is 15.2. The normalized spacial score (nSPS) is 14.9. The molecular weight excluding hydrogens is 550 g/mol. The summed E-state index contributed by atoms with van der Waals surface area (Å²) in [5.41, 5.74) is 6.96. The fourth-order valence-corrected chi connectivity index (χ4v) is 6.57. The van der Waals surface area contributed by atoms with E-state index in [0.717, 1.165) is 66.8 Å². The van der Waals surface area contributed by atoms with Crippen molar-refractivity contribution in [1.82, 2.24) is 5.32 Å². The van der Waals surface area contributed by atoms with Crippen molar-refractivity contribution in [1.29, 1.82) is 0 Å². The first-order chi connectivity index (χ1) is 22.3. The molecule has 0 amide bonds. The highest BCUT2D eigenvalue weighted by atomic mass is 16.3. The Morgan fingerprint density at radius 3 is 2.09 bits per heavy atom. The van der Waals surface area contributed by atoms with Crippen molar-refractivity contribution in [3.8, 4) is 11.1 Å². The van der Waals surface area contributed by atoms with Gasteiger partial charge in [0.1, 0.15) is 22.8 Å². The number of aliphatic imine (C=N–C) groups is 2. The van der Waals surface area contributed by atoms with Crippen LogP contribution in [0.4, 0.5) is 0 Å². The maximum atomic E-state index is 6.65. The van der Waals surface area contributed by atoms with Gasteiger partial charge in [0, 0.05) is 33.0 Å². The molecular formula is C41H27N3O. The molecule has 1 aliphatic rings. The van der Waals surface area contributed by atoms with Gasteiger partial charge in [0.2, 0.25) is 0 Å². The summed E-state index contributed by atoms with van der Waals surface area (Å²) in [6, 6.07) is 52.7. The molecule has 0 bridgehead atoms. The highest BCUT2D eigenvalue weighted by Crippen LogP contribution is 2.39. The second-order valence-electron chi connectivity index (χ2n) is 11.4. The number of nitrogens with zero attached hydrogens (tertiary/aromatic N) is 2. The summed E-state index contributed by atoms with van der Waals surface area (Å²) in [5.74, 6) is 1.56.